The normalized spacial score (nSPS) is 21.5. The van der Waals surface area contributed by atoms with Gasteiger partial charge in [0.25, 0.3) is 0 Å². The van der Waals surface area contributed by atoms with E-state index in [1.54, 1.807) is 11.1 Å². The van der Waals surface area contributed by atoms with Gasteiger partial charge in [-0.05, 0) is 56.4 Å². The van der Waals surface area contributed by atoms with E-state index in [9.17, 15) is 0 Å². The number of hydrogen-bond acceptors (Lipinski definition) is 1. The maximum atomic E-state index is 8.82. The van der Waals surface area contributed by atoms with Gasteiger partial charge in [0.15, 0.2) is 0 Å². The summed E-state index contributed by atoms with van der Waals surface area (Å²) in [5, 5.41) is 8.82. The van der Waals surface area contributed by atoms with Crippen LogP contribution in [0.15, 0.2) is 47.1 Å². The maximum absolute atomic E-state index is 8.82. The number of aliphatic hydroxyl groups is 1. The minimum absolute atomic E-state index is 0.119. The van der Waals surface area contributed by atoms with E-state index < -0.39 is 0 Å². The number of allylic oxidation sites excluding steroid dienone is 7. The molecule has 0 aromatic heterocycles. The van der Waals surface area contributed by atoms with Crippen molar-refractivity contribution in [1.29, 1.82) is 0 Å². The molecular formula is C20H32O. The van der Waals surface area contributed by atoms with Crippen LogP contribution in [0, 0.1) is 11.3 Å². The van der Waals surface area contributed by atoms with E-state index in [0.29, 0.717) is 11.3 Å². The summed E-state index contributed by atoms with van der Waals surface area (Å²) >= 11 is 0. The number of aliphatic hydroxyl groups excluding tert-OH is 1. The molecule has 1 nitrogen and oxygen atoms in total. The molecule has 1 N–H and O–H groups in total. The Hall–Kier alpha value is -1.08. The quantitative estimate of drug-likeness (QED) is 0.632. The zero-order chi connectivity index (χ0) is 15.9. The van der Waals surface area contributed by atoms with E-state index in [2.05, 4.69) is 52.0 Å². The van der Waals surface area contributed by atoms with Crippen LogP contribution in [-0.4, -0.2) is 11.7 Å². The summed E-state index contributed by atoms with van der Waals surface area (Å²) in [7, 11) is 0. The summed E-state index contributed by atoms with van der Waals surface area (Å²) in [6, 6.07) is 0. The highest BCUT2D eigenvalue weighted by Gasteiger charge is 2.26. The summed E-state index contributed by atoms with van der Waals surface area (Å²) in [4.78, 5) is 0. The molecule has 118 valence electrons. The van der Waals surface area contributed by atoms with Crippen LogP contribution < -0.4 is 0 Å². The molecule has 0 spiro atoms. The molecule has 0 saturated heterocycles. The Balaban J connectivity index is 2.61. The highest BCUT2D eigenvalue weighted by atomic mass is 16.2. The van der Waals surface area contributed by atoms with Crippen LogP contribution in [0.5, 0.6) is 0 Å². The van der Waals surface area contributed by atoms with Gasteiger partial charge >= 0.3 is 0 Å². The molecule has 0 radical (unpaired) electrons. The highest BCUT2D eigenvalue weighted by Crippen LogP contribution is 2.40. The van der Waals surface area contributed by atoms with E-state index >= 15 is 0 Å². The number of hydrogen-bond donors (Lipinski definition) is 1. The third-order valence-electron chi connectivity index (χ3n) is 4.44. The van der Waals surface area contributed by atoms with E-state index in [4.69, 9.17) is 5.11 Å². The Kier molecular flexibility index (Phi) is 7.17. The van der Waals surface area contributed by atoms with Crippen molar-refractivity contribution < 1.29 is 5.11 Å². The average Bonchev–Trinajstić information content (AvgIpc) is 2.37. The van der Waals surface area contributed by atoms with Gasteiger partial charge in [-0.25, -0.2) is 0 Å². The van der Waals surface area contributed by atoms with Crippen molar-refractivity contribution in [3.63, 3.8) is 0 Å². The third kappa shape index (κ3) is 6.05. The van der Waals surface area contributed by atoms with Gasteiger partial charge in [-0.2, -0.15) is 0 Å². The van der Waals surface area contributed by atoms with Crippen molar-refractivity contribution in [2.75, 3.05) is 6.61 Å². The van der Waals surface area contributed by atoms with Gasteiger partial charge in [0.2, 0.25) is 0 Å². The topological polar surface area (TPSA) is 20.2 Å². The second-order valence-electron chi connectivity index (χ2n) is 7.04. The Morgan fingerprint density at radius 2 is 2.10 bits per heavy atom. The van der Waals surface area contributed by atoms with Crippen molar-refractivity contribution in [3.8, 4) is 0 Å². The molecule has 0 fully saturated rings. The van der Waals surface area contributed by atoms with Gasteiger partial charge in [-0.1, -0.05) is 62.3 Å². The zero-order valence-corrected chi connectivity index (χ0v) is 14.4. The first-order chi connectivity index (χ1) is 9.86. The average molecular weight is 288 g/mol. The first kappa shape index (κ1) is 18.0. The molecule has 1 unspecified atom stereocenters. The van der Waals surface area contributed by atoms with Crippen LogP contribution in [0.2, 0.25) is 0 Å². The molecule has 0 bridgehead atoms. The van der Waals surface area contributed by atoms with Gasteiger partial charge in [0, 0.05) is 0 Å². The van der Waals surface area contributed by atoms with Crippen molar-refractivity contribution in [2.24, 2.45) is 11.3 Å². The molecule has 0 amide bonds. The minimum atomic E-state index is 0.119. The van der Waals surface area contributed by atoms with E-state index in [0.717, 1.165) is 12.0 Å². The predicted molar refractivity (Wildman–Crippen MR) is 93.2 cm³/mol. The second kappa shape index (κ2) is 8.38. The molecule has 1 rings (SSSR count). The lowest BCUT2D eigenvalue weighted by Gasteiger charge is -2.33. The maximum Gasteiger partial charge on any atom is 0.0617 e. The molecule has 1 heteroatoms. The summed E-state index contributed by atoms with van der Waals surface area (Å²) in [5.41, 5.74) is 4.56. The molecular weight excluding hydrogens is 256 g/mol. The van der Waals surface area contributed by atoms with Crippen LogP contribution in [0.1, 0.15) is 60.3 Å². The lowest BCUT2D eigenvalue weighted by Crippen LogP contribution is -2.19. The fourth-order valence-electron chi connectivity index (χ4n) is 3.03. The highest BCUT2D eigenvalue weighted by molar-refractivity contribution is 5.32. The van der Waals surface area contributed by atoms with Gasteiger partial charge in [-0.15, -0.1) is 0 Å². The largest absolute Gasteiger partial charge is 0.392 e. The van der Waals surface area contributed by atoms with Crippen LogP contribution in [-0.2, 0) is 0 Å². The molecule has 0 saturated carbocycles. The monoisotopic (exact) mass is 288 g/mol. The molecule has 0 aromatic rings. The van der Waals surface area contributed by atoms with E-state index in [-0.39, 0.29) is 6.61 Å². The lowest BCUT2D eigenvalue weighted by molar-refractivity contribution is 0.342. The van der Waals surface area contributed by atoms with Gasteiger partial charge < -0.3 is 5.11 Å². The molecule has 0 heterocycles. The zero-order valence-electron chi connectivity index (χ0n) is 14.4. The second-order valence-corrected chi connectivity index (χ2v) is 7.04. The summed E-state index contributed by atoms with van der Waals surface area (Å²) in [5.74, 6) is 0.543. The molecule has 1 aliphatic rings. The summed E-state index contributed by atoms with van der Waals surface area (Å²) in [6.07, 6.45) is 15.7. The molecule has 1 aliphatic carbocycles. The van der Waals surface area contributed by atoms with Crippen molar-refractivity contribution in [3.05, 3.63) is 47.1 Å². The first-order valence-electron chi connectivity index (χ1n) is 8.19. The summed E-state index contributed by atoms with van der Waals surface area (Å²) < 4.78 is 0. The van der Waals surface area contributed by atoms with Crippen LogP contribution >= 0.6 is 0 Å². The fourth-order valence-corrected chi connectivity index (χ4v) is 3.03. The van der Waals surface area contributed by atoms with Gasteiger partial charge in [-0.3, -0.25) is 0 Å². The molecule has 0 aromatic carbocycles. The molecule has 1 atom stereocenters. The van der Waals surface area contributed by atoms with Crippen LogP contribution in [0.3, 0.4) is 0 Å². The lowest BCUT2D eigenvalue weighted by atomic mass is 9.72. The van der Waals surface area contributed by atoms with Crippen molar-refractivity contribution in [2.45, 2.75) is 60.3 Å². The van der Waals surface area contributed by atoms with Gasteiger partial charge in [0.1, 0.15) is 0 Å². The Morgan fingerprint density at radius 3 is 2.71 bits per heavy atom. The summed E-state index contributed by atoms with van der Waals surface area (Å²) in [6.45, 7) is 11.4. The van der Waals surface area contributed by atoms with Crippen molar-refractivity contribution >= 4 is 0 Å². The Morgan fingerprint density at radius 1 is 1.38 bits per heavy atom. The third-order valence-corrected chi connectivity index (χ3v) is 4.44. The standard InChI is InChI=1S/C20H32O/c1-16(8-6-9-17(2)13-15-21)11-12-19-18(3)10-7-14-20(19,4)5/h6,9,11-13,16,21H,7-8,10,14-15H2,1-5H3/b9-6+,12-11+,17-13+. The Bertz CT molecular complexity index is 446. The fraction of sp³-hybridized carbons (Fsp3) is 0.600. The SMILES string of the molecule is CC1=C(/C=C/C(C)C/C=C/C(C)=C/CO)C(C)(C)CCC1. The molecule has 21 heavy (non-hydrogen) atoms. The Labute approximate surface area is 131 Å². The van der Waals surface area contributed by atoms with Gasteiger partial charge in [0.05, 0.1) is 6.61 Å². The predicted octanol–water partition coefficient (Wildman–Crippen LogP) is 5.59. The number of rotatable bonds is 6. The van der Waals surface area contributed by atoms with E-state index in [1.165, 1.54) is 19.3 Å². The van der Waals surface area contributed by atoms with E-state index in [1.807, 2.05) is 13.0 Å². The minimum Gasteiger partial charge on any atom is -0.392 e. The smallest absolute Gasteiger partial charge is 0.0617 e. The molecule has 0 aliphatic heterocycles. The van der Waals surface area contributed by atoms with Crippen molar-refractivity contribution in [1.82, 2.24) is 0 Å². The first-order valence-corrected chi connectivity index (χ1v) is 8.19. The van der Waals surface area contributed by atoms with Crippen LogP contribution in [0.25, 0.3) is 0 Å². The van der Waals surface area contributed by atoms with Crippen LogP contribution in [0.4, 0.5) is 0 Å².